The average Bonchev–Trinajstić information content (AvgIpc) is 3.36. The Kier molecular flexibility index (Phi) is 8.16. The highest BCUT2D eigenvalue weighted by Crippen LogP contribution is 2.42. The minimum atomic E-state index is -3.94. The van der Waals surface area contributed by atoms with Gasteiger partial charge in [0.05, 0.1) is 18.4 Å². The van der Waals surface area contributed by atoms with Crippen molar-refractivity contribution in [3.8, 4) is 5.75 Å². The Labute approximate surface area is 211 Å². The van der Waals surface area contributed by atoms with Crippen LogP contribution in [-0.4, -0.2) is 31.6 Å². The molecule has 1 atom stereocenters. The van der Waals surface area contributed by atoms with Crippen LogP contribution in [-0.2, 0) is 10.0 Å². The van der Waals surface area contributed by atoms with Crippen molar-refractivity contribution in [1.29, 1.82) is 0 Å². The molecule has 1 aromatic heterocycles. The summed E-state index contributed by atoms with van der Waals surface area (Å²) in [4.78, 5) is 15.6. The molecule has 2 aromatic rings. The number of benzene rings is 1. The van der Waals surface area contributed by atoms with Crippen LogP contribution in [0.1, 0.15) is 80.1 Å². The molecular weight excluding hydrogens is 484 g/mol. The predicted molar refractivity (Wildman–Crippen MR) is 139 cm³/mol. The number of nitrogens with zero attached hydrogens (tertiary/aromatic N) is 1. The van der Waals surface area contributed by atoms with Crippen LogP contribution < -0.4 is 9.46 Å². The zero-order valence-corrected chi connectivity index (χ0v) is 22.0. The monoisotopic (exact) mass is 518 g/mol. The van der Waals surface area contributed by atoms with Gasteiger partial charge in [0, 0.05) is 5.38 Å². The van der Waals surface area contributed by atoms with Crippen LogP contribution in [0.4, 0.5) is 5.69 Å². The van der Waals surface area contributed by atoms with E-state index in [-0.39, 0.29) is 22.0 Å². The fourth-order valence-electron chi connectivity index (χ4n) is 5.47. The number of nitrogens with one attached hydrogen (secondary N) is 1. The summed E-state index contributed by atoms with van der Waals surface area (Å²) in [6.45, 7) is 2.28. The third kappa shape index (κ3) is 6.06. The number of carboxylic acids is 1. The number of sulfonamides is 1. The van der Waals surface area contributed by atoms with Crippen molar-refractivity contribution < 1.29 is 23.1 Å². The van der Waals surface area contributed by atoms with Gasteiger partial charge in [0.15, 0.2) is 5.03 Å². The standard InChI is InChI=1S/C26H34N2O5S2/c1-3-4-17-5-7-18(8-6-17)19-9-11-20(12-10-19)25-27-24(16-34-25)35(31,32)28-22-14-13-21(26(29)30)15-23(22)33-2/h11,13-19,28H,3-10,12H2,1-2H3,(H,29,30). The van der Waals surface area contributed by atoms with Crippen LogP contribution in [0, 0.1) is 17.8 Å². The second kappa shape index (κ2) is 11.1. The lowest BCUT2D eigenvalue weighted by atomic mass is 9.71. The number of carbonyl (C=O) groups is 1. The van der Waals surface area contributed by atoms with Gasteiger partial charge in [-0.2, -0.15) is 8.42 Å². The average molecular weight is 519 g/mol. The molecule has 2 aliphatic carbocycles. The molecule has 2 N–H and O–H groups in total. The Morgan fingerprint density at radius 2 is 1.97 bits per heavy atom. The summed E-state index contributed by atoms with van der Waals surface area (Å²) in [5, 5.41) is 11.4. The van der Waals surface area contributed by atoms with Crippen molar-refractivity contribution in [3.63, 3.8) is 0 Å². The Morgan fingerprint density at radius 3 is 2.60 bits per heavy atom. The second-order valence-electron chi connectivity index (χ2n) is 9.65. The maximum absolute atomic E-state index is 13.0. The second-order valence-corrected chi connectivity index (χ2v) is 12.1. The van der Waals surface area contributed by atoms with E-state index in [9.17, 15) is 13.2 Å². The molecular formula is C26H34N2O5S2. The van der Waals surface area contributed by atoms with Crippen molar-refractivity contribution in [3.05, 3.63) is 40.2 Å². The SMILES string of the molecule is CCCC1CCC(C2CC=C(c3nc(S(=O)(=O)Nc4ccc(C(=O)O)cc4OC)cs3)CC2)CC1. The maximum atomic E-state index is 13.0. The molecule has 0 radical (unpaired) electrons. The smallest absolute Gasteiger partial charge is 0.335 e. The Morgan fingerprint density at radius 1 is 1.20 bits per heavy atom. The van der Waals surface area contributed by atoms with E-state index in [0.29, 0.717) is 0 Å². The predicted octanol–water partition coefficient (Wildman–Crippen LogP) is 6.44. The number of aromatic carboxylic acids is 1. The van der Waals surface area contributed by atoms with Crippen LogP contribution >= 0.6 is 11.3 Å². The van der Waals surface area contributed by atoms with E-state index >= 15 is 0 Å². The number of allylic oxidation sites excluding steroid dienone is 2. The molecule has 1 aromatic carbocycles. The third-order valence-electron chi connectivity index (χ3n) is 7.43. The normalized spacial score (nSPS) is 22.9. The first kappa shape index (κ1) is 25.7. The molecule has 0 bridgehead atoms. The first-order valence-corrected chi connectivity index (χ1v) is 14.8. The van der Waals surface area contributed by atoms with Crippen LogP contribution in [0.5, 0.6) is 5.75 Å². The van der Waals surface area contributed by atoms with E-state index in [4.69, 9.17) is 9.84 Å². The van der Waals surface area contributed by atoms with Gasteiger partial charge in [-0.25, -0.2) is 9.78 Å². The summed E-state index contributed by atoms with van der Waals surface area (Å²) < 4.78 is 33.6. The molecule has 190 valence electrons. The van der Waals surface area contributed by atoms with Crippen LogP contribution in [0.3, 0.4) is 0 Å². The van der Waals surface area contributed by atoms with Crippen molar-refractivity contribution in [2.75, 3.05) is 11.8 Å². The molecule has 0 spiro atoms. The topological polar surface area (TPSA) is 106 Å². The third-order valence-corrected chi connectivity index (χ3v) is 9.75. The molecule has 4 rings (SSSR count). The number of carboxylic acid groups (broad SMARTS) is 1. The Balaban J connectivity index is 1.40. The maximum Gasteiger partial charge on any atom is 0.335 e. The van der Waals surface area contributed by atoms with Gasteiger partial charge in [0.1, 0.15) is 10.8 Å². The van der Waals surface area contributed by atoms with Crippen LogP contribution in [0.2, 0.25) is 0 Å². The van der Waals surface area contributed by atoms with Crippen molar-refractivity contribution in [2.24, 2.45) is 17.8 Å². The van der Waals surface area contributed by atoms with Gasteiger partial charge >= 0.3 is 5.97 Å². The molecule has 0 amide bonds. The van der Waals surface area contributed by atoms with Gasteiger partial charge in [-0.3, -0.25) is 4.72 Å². The molecule has 0 saturated heterocycles. The highest BCUT2D eigenvalue weighted by molar-refractivity contribution is 7.92. The number of aromatic nitrogens is 1. The van der Waals surface area contributed by atoms with Crippen molar-refractivity contribution >= 4 is 38.6 Å². The zero-order chi connectivity index (χ0) is 25.0. The minimum Gasteiger partial charge on any atom is -0.495 e. The van der Waals surface area contributed by atoms with E-state index in [0.717, 1.165) is 47.6 Å². The number of hydrogen-bond acceptors (Lipinski definition) is 6. The van der Waals surface area contributed by atoms with Crippen molar-refractivity contribution in [2.45, 2.75) is 69.7 Å². The van der Waals surface area contributed by atoms with Gasteiger partial charge in [0.2, 0.25) is 0 Å². The van der Waals surface area contributed by atoms with Crippen molar-refractivity contribution in [1.82, 2.24) is 4.98 Å². The molecule has 1 fully saturated rings. The number of rotatable bonds is 9. The molecule has 35 heavy (non-hydrogen) atoms. The van der Waals surface area contributed by atoms with Crippen LogP contribution in [0.15, 0.2) is 34.7 Å². The minimum absolute atomic E-state index is 0.0114. The van der Waals surface area contributed by atoms with Crippen LogP contribution in [0.25, 0.3) is 5.57 Å². The summed E-state index contributed by atoms with van der Waals surface area (Å²) in [5.41, 5.74) is 1.31. The highest BCUT2D eigenvalue weighted by atomic mass is 32.2. The first-order valence-electron chi connectivity index (χ1n) is 12.4. The lowest BCUT2D eigenvalue weighted by Crippen LogP contribution is -2.23. The van der Waals surface area contributed by atoms with E-state index in [1.807, 2.05) is 0 Å². The number of ether oxygens (including phenoxy) is 1. The number of methoxy groups -OCH3 is 1. The zero-order valence-electron chi connectivity index (χ0n) is 20.3. The van der Waals surface area contributed by atoms with E-state index in [1.54, 1.807) is 5.38 Å². The summed E-state index contributed by atoms with van der Waals surface area (Å²) >= 11 is 1.34. The van der Waals surface area contributed by atoms with Gasteiger partial charge in [0.25, 0.3) is 10.0 Å². The molecule has 7 nitrogen and oxygen atoms in total. The fraction of sp³-hybridized carbons (Fsp3) is 0.538. The molecule has 1 unspecified atom stereocenters. The number of anilines is 1. The lowest BCUT2D eigenvalue weighted by Gasteiger charge is -2.35. The van der Waals surface area contributed by atoms with Gasteiger partial charge < -0.3 is 9.84 Å². The van der Waals surface area contributed by atoms with E-state index < -0.39 is 16.0 Å². The number of hydrogen-bond donors (Lipinski definition) is 2. The lowest BCUT2D eigenvalue weighted by molar-refractivity contribution is 0.0696. The highest BCUT2D eigenvalue weighted by Gasteiger charge is 2.29. The summed E-state index contributed by atoms with van der Waals surface area (Å²) in [7, 11) is -2.58. The Hall–Kier alpha value is -2.39. The van der Waals surface area contributed by atoms with Gasteiger partial charge in [-0.15, -0.1) is 11.3 Å². The summed E-state index contributed by atoms with van der Waals surface area (Å²) in [6.07, 6.45) is 13.5. The van der Waals surface area contributed by atoms with E-state index in [1.165, 1.54) is 75.2 Å². The van der Waals surface area contributed by atoms with E-state index in [2.05, 4.69) is 22.7 Å². The number of thiazole rings is 1. The Bertz CT molecular complexity index is 1180. The largest absolute Gasteiger partial charge is 0.495 e. The summed E-state index contributed by atoms with van der Waals surface area (Å²) in [5.74, 6) is 1.49. The fourth-order valence-corrected chi connectivity index (χ4v) is 7.70. The first-order chi connectivity index (χ1) is 16.8. The quantitative estimate of drug-likeness (QED) is 0.396. The molecule has 1 saturated carbocycles. The van der Waals surface area contributed by atoms with Gasteiger partial charge in [-0.05, 0) is 73.6 Å². The molecule has 9 heteroatoms. The molecule has 1 heterocycles. The summed E-state index contributed by atoms with van der Waals surface area (Å²) in [6, 6.07) is 3.99. The molecule has 0 aliphatic heterocycles. The van der Waals surface area contributed by atoms with Gasteiger partial charge in [-0.1, -0.05) is 38.7 Å². The molecule has 2 aliphatic rings.